The summed E-state index contributed by atoms with van der Waals surface area (Å²) < 4.78 is 34.9. The summed E-state index contributed by atoms with van der Waals surface area (Å²) in [7, 11) is 3.07. The second kappa shape index (κ2) is 17.5. The molecule has 8 rings (SSSR count). The number of aromatic amines is 1. The van der Waals surface area contributed by atoms with Gasteiger partial charge in [-0.1, -0.05) is 71.7 Å². The van der Waals surface area contributed by atoms with E-state index in [1.54, 1.807) is 43.8 Å². The number of halogens is 2. The summed E-state index contributed by atoms with van der Waals surface area (Å²) in [6.07, 6.45) is 4.13. The molecule has 1 amide bonds. The lowest BCUT2D eigenvalue weighted by Gasteiger charge is -2.43. The molecule has 2 bridgehead atoms. The molecule has 13 heteroatoms. The highest BCUT2D eigenvalue weighted by Crippen LogP contribution is 2.36. The van der Waals surface area contributed by atoms with E-state index in [4.69, 9.17) is 51.3 Å². The Morgan fingerprint density at radius 2 is 1.62 bits per heavy atom. The van der Waals surface area contributed by atoms with Crippen LogP contribution in [0.3, 0.4) is 0 Å². The van der Waals surface area contributed by atoms with Crippen molar-refractivity contribution < 1.29 is 42.7 Å². The zero-order chi connectivity index (χ0) is 38.3. The number of piperidine rings is 3. The molecule has 286 valence electrons. The quantitative estimate of drug-likeness (QED) is 0.111. The Morgan fingerprint density at radius 3 is 2.33 bits per heavy atom. The zero-order valence-corrected chi connectivity index (χ0v) is 32.0. The lowest BCUT2D eigenvalue weighted by atomic mass is 9.86. The van der Waals surface area contributed by atoms with Gasteiger partial charge in [-0.2, -0.15) is 0 Å². The van der Waals surface area contributed by atoms with Crippen LogP contribution in [-0.2, 0) is 22.5 Å². The number of ether oxygens (including phenoxy) is 5. The molecule has 0 radical (unpaired) electrons. The van der Waals surface area contributed by atoms with Crippen LogP contribution in [-0.4, -0.2) is 56.9 Å². The second-order valence-corrected chi connectivity index (χ2v) is 14.4. The average Bonchev–Trinajstić information content (AvgIpc) is 3.70. The molecular weight excluding hydrogens is 745 g/mol. The Hall–Kier alpha value is -5.23. The van der Waals surface area contributed by atoms with Crippen molar-refractivity contribution >= 4 is 35.3 Å². The SMILES string of the molecule is COc1ccc(C(Cc2c(Cl)c[nH+]cc2Cl)OC(=O)c2ccc(COc3cccc([C@@H](NC(=O)O[C@H]4CN5CCC4CC5)c4ccccc4)c3)o2)cc1OC. The Balaban J connectivity index is 1.03. The number of nitrogens with zero attached hydrogens (tertiary/aromatic N) is 1. The molecule has 5 heterocycles. The van der Waals surface area contributed by atoms with Crippen LogP contribution in [0.25, 0.3) is 0 Å². The molecule has 2 N–H and O–H groups in total. The van der Waals surface area contributed by atoms with E-state index in [-0.39, 0.29) is 24.9 Å². The first kappa shape index (κ1) is 38.1. The van der Waals surface area contributed by atoms with Gasteiger partial charge in [0.1, 0.15) is 40.4 Å². The molecular formula is C42H42Cl2N3O8+. The third-order valence-electron chi connectivity index (χ3n) is 10.1. The van der Waals surface area contributed by atoms with Gasteiger partial charge in [-0.15, -0.1) is 0 Å². The van der Waals surface area contributed by atoms with Crippen LogP contribution < -0.4 is 24.5 Å². The number of hydrogen-bond donors (Lipinski definition) is 1. The van der Waals surface area contributed by atoms with E-state index in [9.17, 15) is 9.59 Å². The van der Waals surface area contributed by atoms with Gasteiger partial charge in [0.05, 0.1) is 20.3 Å². The third-order valence-corrected chi connectivity index (χ3v) is 10.8. The summed E-state index contributed by atoms with van der Waals surface area (Å²) in [5.41, 5.74) is 2.95. The molecule has 55 heavy (non-hydrogen) atoms. The van der Waals surface area contributed by atoms with Crippen molar-refractivity contribution in [2.45, 2.75) is 44.1 Å². The van der Waals surface area contributed by atoms with Crippen molar-refractivity contribution in [1.29, 1.82) is 0 Å². The number of methoxy groups -OCH3 is 2. The number of H-pyrrole nitrogens is 1. The number of benzene rings is 3. The van der Waals surface area contributed by atoms with Gasteiger partial charge in [0.15, 0.2) is 23.9 Å². The predicted molar refractivity (Wildman–Crippen MR) is 205 cm³/mol. The maximum absolute atomic E-state index is 13.5. The lowest BCUT2D eigenvalue weighted by Crippen LogP contribution is -2.52. The van der Waals surface area contributed by atoms with Crippen molar-refractivity contribution in [3.8, 4) is 17.2 Å². The van der Waals surface area contributed by atoms with Crippen LogP contribution in [0.2, 0.25) is 10.0 Å². The van der Waals surface area contributed by atoms with E-state index in [1.165, 1.54) is 13.2 Å². The Bertz CT molecular complexity index is 2080. The maximum Gasteiger partial charge on any atom is 0.408 e. The molecule has 2 aromatic heterocycles. The summed E-state index contributed by atoms with van der Waals surface area (Å²) in [5, 5.41) is 3.89. The fourth-order valence-corrected chi connectivity index (χ4v) is 7.70. The number of hydrogen-bond acceptors (Lipinski definition) is 9. The summed E-state index contributed by atoms with van der Waals surface area (Å²) in [6, 6.07) is 25.2. The van der Waals surface area contributed by atoms with Crippen molar-refractivity contribution in [1.82, 2.24) is 10.2 Å². The molecule has 0 spiro atoms. The summed E-state index contributed by atoms with van der Waals surface area (Å²) >= 11 is 13.0. The highest BCUT2D eigenvalue weighted by molar-refractivity contribution is 6.35. The molecule has 11 nitrogen and oxygen atoms in total. The van der Waals surface area contributed by atoms with Crippen LogP contribution in [0.5, 0.6) is 17.2 Å². The fourth-order valence-electron chi connectivity index (χ4n) is 7.17. The van der Waals surface area contributed by atoms with Crippen LogP contribution in [0.4, 0.5) is 4.79 Å². The van der Waals surface area contributed by atoms with Crippen molar-refractivity contribution in [2.75, 3.05) is 33.9 Å². The average molecular weight is 788 g/mol. The monoisotopic (exact) mass is 786 g/mol. The summed E-state index contributed by atoms with van der Waals surface area (Å²) in [4.78, 5) is 32.0. The predicted octanol–water partition coefficient (Wildman–Crippen LogP) is 8.05. The molecule has 3 aliphatic heterocycles. The largest absolute Gasteiger partial charge is 0.493 e. The molecule has 5 aromatic rings. The summed E-state index contributed by atoms with van der Waals surface area (Å²) in [6.45, 7) is 2.94. The number of fused-ring (bicyclic) bond motifs is 3. The number of furan rings is 1. The molecule has 3 fully saturated rings. The number of carbonyl (C=O) groups is 2. The smallest absolute Gasteiger partial charge is 0.408 e. The van der Waals surface area contributed by atoms with Crippen LogP contribution in [0.1, 0.15) is 63.6 Å². The van der Waals surface area contributed by atoms with Gasteiger partial charge in [-0.3, -0.25) is 4.90 Å². The van der Waals surface area contributed by atoms with Crippen molar-refractivity contribution in [2.24, 2.45) is 5.92 Å². The number of nitrogens with one attached hydrogen (secondary N) is 2. The van der Waals surface area contributed by atoms with Crippen LogP contribution in [0, 0.1) is 5.92 Å². The minimum atomic E-state index is -0.809. The number of esters is 1. The number of aromatic nitrogens is 1. The van der Waals surface area contributed by atoms with Crippen molar-refractivity contribution in [3.63, 3.8) is 0 Å². The number of amides is 1. The van der Waals surface area contributed by atoms with Crippen molar-refractivity contribution in [3.05, 3.63) is 141 Å². The molecule has 3 atom stereocenters. The minimum absolute atomic E-state index is 0.00809. The Morgan fingerprint density at radius 1 is 0.873 bits per heavy atom. The zero-order valence-electron chi connectivity index (χ0n) is 30.5. The number of carbonyl (C=O) groups excluding carboxylic acids is 2. The molecule has 0 saturated carbocycles. The van der Waals surface area contributed by atoms with E-state index in [0.717, 1.165) is 43.6 Å². The van der Waals surface area contributed by atoms with Gasteiger partial charge in [-0.25, -0.2) is 14.6 Å². The first-order valence-electron chi connectivity index (χ1n) is 18.1. The van der Waals surface area contributed by atoms with Gasteiger partial charge in [0, 0.05) is 18.5 Å². The van der Waals surface area contributed by atoms with E-state index in [2.05, 4.69) is 15.2 Å². The molecule has 3 aliphatic rings. The van der Waals surface area contributed by atoms with Gasteiger partial charge in [0.25, 0.3) is 0 Å². The molecule has 1 unspecified atom stereocenters. The first-order valence-corrected chi connectivity index (χ1v) is 18.9. The Kier molecular flexibility index (Phi) is 12.1. The normalized spacial score (nSPS) is 18.5. The second-order valence-electron chi connectivity index (χ2n) is 13.5. The lowest BCUT2D eigenvalue weighted by molar-refractivity contribution is -0.377. The molecule has 3 aromatic carbocycles. The molecule has 3 saturated heterocycles. The highest BCUT2D eigenvalue weighted by Gasteiger charge is 2.37. The first-order chi connectivity index (χ1) is 26.8. The van der Waals surface area contributed by atoms with E-state index in [1.807, 2.05) is 54.6 Å². The number of rotatable bonds is 14. The third kappa shape index (κ3) is 9.19. The Labute approximate surface area is 329 Å². The summed E-state index contributed by atoms with van der Waals surface area (Å²) in [5.74, 6) is 1.65. The fraction of sp³-hybridized carbons (Fsp3) is 0.310. The van der Waals surface area contributed by atoms with Crippen LogP contribution >= 0.6 is 23.2 Å². The van der Waals surface area contributed by atoms with Gasteiger partial charge >= 0.3 is 12.1 Å². The van der Waals surface area contributed by atoms with E-state index >= 15 is 0 Å². The van der Waals surface area contributed by atoms with Gasteiger partial charge < -0.3 is 33.4 Å². The number of alkyl carbamates (subject to hydrolysis) is 1. The molecule has 0 aliphatic carbocycles. The van der Waals surface area contributed by atoms with E-state index in [0.29, 0.717) is 50.1 Å². The van der Waals surface area contributed by atoms with Gasteiger partial charge in [-0.05, 0) is 84.9 Å². The van der Waals surface area contributed by atoms with Crippen LogP contribution in [0.15, 0.2) is 102 Å². The topological polar surface area (TPSA) is 123 Å². The number of pyridine rings is 1. The minimum Gasteiger partial charge on any atom is -0.493 e. The van der Waals surface area contributed by atoms with E-state index < -0.39 is 24.2 Å². The highest BCUT2D eigenvalue weighted by atomic mass is 35.5. The maximum atomic E-state index is 13.5. The standard InChI is InChI=1S/C42H41Cl2N3O8/c1-50-35-13-11-28(20-38(35)51-2)37(21-32-33(43)22-45-23-34(32)44)54-41(48)36-14-12-31(53-36)25-52-30-10-6-9-29(19-30)40(27-7-4-3-5-8-27)46-42(49)55-39-24-47-17-15-26(39)16-18-47/h3-14,19-20,22-23,26,37,39-40H,15-18,21,24-25H2,1-2H3,(H,46,49)/p+1/t37?,39-,40-/m0/s1. The van der Waals surface area contributed by atoms with Gasteiger partial charge in [0.2, 0.25) is 5.76 Å².